The molecular weight excluding hydrogens is 254 g/mol. The van der Waals surface area contributed by atoms with Crippen LogP contribution in [0.4, 0.5) is 0 Å². The van der Waals surface area contributed by atoms with Crippen molar-refractivity contribution in [3.05, 3.63) is 39.9 Å². The third kappa shape index (κ3) is 3.73. The van der Waals surface area contributed by atoms with Crippen molar-refractivity contribution >= 4 is 17.7 Å². The van der Waals surface area contributed by atoms with Crippen LogP contribution in [0.15, 0.2) is 29.2 Å². The standard InChI is InChI=1S/C12H15NO4S/c1-12(2,3)8-4-6-9(7-5-8)18-10(11(14)15)13(16)17/h4-7,10H,1-3H3,(H,14,15). The van der Waals surface area contributed by atoms with Crippen LogP contribution in [0.2, 0.25) is 0 Å². The number of carboxylic acid groups (broad SMARTS) is 1. The number of carboxylic acids is 1. The molecule has 1 aromatic carbocycles. The van der Waals surface area contributed by atoms with Gasteiger partial charge < -0.3 is 5.11 Å². The Labute approximate surface area is 109 Å². The van der Waals surface area contributed by atoms with Gasteiger partial charge in [0.05, 0.1) is 0 Å². The molecule has 0 aliphatic carbocycles. The van der Waals surface area contributed by atoms with Gasteiger partial charge in [0.2, 0.25) is 0 Å². The molecule has 0 saturated carbocycles. The molecule has 0 aromatic heterocycles. The lowest BCUT2D eigenvalue weighted by atomic mass is 9.87. The molecule has 0 amide bonds. The number of rotatable bonds is 4. The molecule has 0 spiro atoms. The molecule has 1 unspecified atom stereocenters. The summed E-state index contributed by atoms with van der Waals surface area (Å²) in [6, 6.07) is 7.15. The van der Waals surface area contributed by atoms with E-state index in [9.17, 15) is 14.9 Å². The second kappa shape index (κ2) is 5.39. The minimum Gasteiger partial charge on any atom is -0.475 e. The van der Waals surface area contributed by atoms with Gasteiger partial charge in [-0.3, -0.25) is 10.1 Å². The topological polar surface area (TPSA) is 80.4 Å². The van der Waals surface area contributed by atoms with E-state index < -0.39 is 16.3 Å². The molecule has 0 aliphatic heterocycles. The highest BCUT2D eigenvalue weighted by molar-refractivity contribution is 8.00. The van der Waals surface area contributed by atoms with Crippen LogP contribution < -0.4 is 0 Å². The lowest BCUT2D eigenvalue weighted by molar-refractivity contribution is -0.484. The van der Waals surface area contributed by atoms with E-state index in [-0.39, 0.29) is 5.41 Å². The molecule has 0 saturated heterocycles. The van der Waals surface area contributed by atoms with Crippen LogP contribution in [-0.4, -0.2) is 21.4 Å². The Balaban J connectivity index is 2.86. The predicted molar refractivity (Wildman–Crippen MR) is 69.4 cm³/mol. The largest absolute Gasteiger partial charge is 0.475 e. The number of benzene rings is 1. The van der Waals surface area contributed by atoms with Crippen molar-refractivity contribution < 1.29 is 14.8 Å². The maximum atomic E-state index is 10.7. The zero-order chi connectivity index (χ0) is 13.9. The Bertz CT molecular complexity index is 436. The van der Waals surface area contributed by atoms with Crippen molar-refractivity contribution in [2.24, 2.45) is 0 Å². The minimum atomic E-state index is -1.66. The Kier molecular flexibility index (Phi) is 4.34. The maximum Gasteiger partial charge on any atom is 0.390 e. The number of nitro groups is 1. The number of carbonyl (C=O) groups is 1. The Morgan fingerprint density at radius 3 is 2.17 bits per heavy atom. The van der Waals surface area contributed by atoms with Crippen molar-refractivity contribution in [2.75, 3.05) is 0 Å². The van der Waals surface area contributed by atoms with Gasteiger partial charge in [-0.25, -0.2) is 4.79 Å². The van der Waals surface area contributed by atoms with Crippen LogP contribution in [0, 0.1) is 10.1 Å². The van der Waals surface area contributed by atoms with E-state index in [4.69, 9.17) is 5.11 Å². The van der Waals surface area contributed by atoms with Crippen LogP contribution in [0.5, 0.6) is 0 Å². The van der Waals surface area contributed by atoms with Crippen molar-refractivity contribution in [1.29, 1.82) is 0 Å². The van der Waals surface area contributed by atoms with Crippen LogP contribution in [-0.2, 0) is 10.2 Å². The first-order chi connectivity index (χ1) is 8.21. The first-order valence-corrected chi connectivity index (χ1v) is 6.23. The Morgan fingerprint density at radius 1 is 1.33 bits per heavy atom. The molecule has 0 bridgehead atoms. The SMILES string of the molecule is CC(C)(C)c1ccc(SC(C(=O)O)[N+](=O)[O-])cc1. The van der Waals surface area contributed by atoms with Gasteiger partial charge in [0.15, 0.2) is 0 Å². The smallest absolute Gasteiger partial charge is 0.390 e. The van der Waals surface area contributed by atoms with E-state index in [1.54, 1.807) is 12.1 Å². The van der Waals surface area contributed by atoms with E-state index in [0.29, 0.717) is 4.90 Å². The van der Waals surface area contributed by atoms with Crippen molar-refractivity contribution in [2.45, 2.75) is 36.5 Å². The molecule has 1 N–H and O–H groups in total. The fourth-order valence-electron chi connectivity index (χ4n) is 1.35. The number of hydrogen-bond acceptors (Lipinski definition) is 4. The molecule has 6 heteroatoms. The summed E-state index contributed by atoms with van der Waals surface area (Å²) in [6.45, 7) is 6.19. The summed E-state index contributed by atoms with van der Waals surface area (Å²) in [4.78, 5) is 21.1. The average molecular weight is 269 g/mol. The second-order valence-corrected chi connectivity index (χ2v) is 6.02. The van der Waals surface area contributed by atoms with Gasteiger partial charge in [0.1, 0.15) is 0 Å². The molecule has 18 heavy (non-hydrogen) atoms. The summed E-state index contributed by atoms with van der Waals surface area (Å²) >= 11 is 0.726. The minimum absolute atomic E-state index is 0.00149. The first-order valence-electron chi connectivity index (χ1n) is 5.35. The van der Waals surface area contributed by atoms with Gasteiger partial charge in [-0.15, -0.1) is 0 Å². The van der Waals surface area contributed by atoms with Crippen LogP contribution in [0.1, 0.15) is 26.3 Å². The molecule has 1 atom stereocenters. The van der Waals surface area contributed by atoms with Crippen LogP contribution in [0.3, 0.4) is 0 Å². The zero-order valence-electron chi connectivity index (χ0n) is 10.4. The van der Waals surface area contributed by atoms with Gasteiger partial charge >= 0.3 is 11.3 Å². The van der Waals surface area contributed by atoms with Gasteiger partial charge in [-0.2, -0.15) is 0 Å². The monoisotopic (exact) mass is 269 g/mol. The number of aliphatic carboxylic acids is 1. The van der Waals surface area contributed by atoms with E-state index in [0.717, 1.165) is 17.3 Å². The van der Waals surface area contributed by atoms with Gasteiger partial charge in [-0.05, 0) is 34.9 Å². The predicted octanol–water partition coefficient (Wildman–Crippen LogP) is 2.76. The normalized spacial score (nSPS) is 13.1. The van der Waals surface area contributed by atoms with Gasteiger partial charge in [-0.1, -0.05) is 32.9 Å². The summed E-state index contributed by atoms with van der Waals surface area (Å²) in [5.74, 6) is -1.44. The van der Waals surface area contributed by atoms with Crippen molar-refractivity contribution in [3.8, 4) is 0 Å². The maximum absolute atomic E-state index is 10.7. The summed E-state index contributed by atoms with van der Waals surface area (Å²) in [5.41, 5.74) is 1.10. The number of thioether (sulfide) groups is 1. The highest BCUT2D eigenvalue weighted by Crippen LogP contribution is 2.28. The van der Waals surface area contributed by atoms with E-state index in [2.05, 4.69) is 20.8 Å². The lowest BCUT2D eigenvalue weighted by Crippen LogP contribution is -2.25. The molecule has 1 aromatic rings. The lowest BCUT2D eigenvalue weighted by Gasteiger charge is -2.19. The molecule has 0 aliphatic rings. The second-order valence-electron chi connectivity index (χ2n) is 4.87. The Morgan fingerprint density at radius 2 is 1.83 bits per heavy atom. The third-order valence-electron chi connectivity index (χ3n) is 2.37. The quantitative estimate of drug-likeness (QED) is 0.393. The molecule has 98 valence electrons. The fraction of sp³-hybridized carbons (Fsp3) is 0.417. The summed E-state index contributed by atoms with van der Waals surface area (Å²) in [6.07, 6.45) is 0. The van der Waals surface area contributed by atoms with E-state index in [1.165, 1.54) is 0 Å². The summed E-state index contributed by atoms with van der Waals surface area (Å²) in [7, 11) is 0. The van der Waals surface area contributed by atoms with E-state index >= 15 is 0 Å². The number of hydrogen-bond donors (Lipinski definition) is 1. The molecular formula is C12H15NO4S. The molecule has 0 heterocycles. The van der Waals surface area contributed by atoms with Gasteiger partial charge in [0, 0.05) is 9.82 Å². The molecule has 1 rings (SSSR count). The molecule has 0 radical (unpaired) electrons. The number of nitrogens with zero attached hydrogens (tertiary/aromatic N) is 1. The van der Waals surface area contributed by atoms with Crippen molar-refractivity contribution in [3.63, 3.8) is 0 Å². The summed E-state index contributed by atoms with van der Waals surface area (Å²) < 4.78 is 0. The van der Waals surface area contributed by atoms with Crippen LogP contribution >= 0.6 is 11.8 Å². The zero-order valence-corrected chi connectivity index (χ0v) is 11.2. The highest BCUT2D eigenvalue weighted by atomic mass is 32.2. The average Bonchev–Trinajstić information content (AvgIpc) is 2.24. The van der Waals surface area contributed by atoms with Gasteiger partial charge in [0.25, 0.3) is 0 Å². The first kappa shape index (κ1) is 14.5. The molecule has 5 nitrogen and oxygen atoms in total. The highest BCUT2D eigenvalue weighted by Gasteiger charge is 2.30. The van der Waals surface area contributed by atoms with E-state index in [1.807, 2.05) is 12.1 Å². The summed E-state index contributed by atoms with van der Waals surface area (Å²) in [5, 5.41) is 17.6. The molecule has 0 fully saturated rings. The fourth-order valence-corrected chi connectivity index (χ4v) is 2.08. The third-order valence-corrected chi connectivity index (χ3v) is 3.51. The van der Waals surface area contributed by atoms with Crippen molar-refractivity contribution in [1.82, 2.24) is 0 Å². The Hall–Kier alpha value is -1.56. The van der Waals surface area contributed by atoms with Crippen LogP contribution in [0.25, 0.3) is 0 Å².